The lowest BCUT2D eigenvalue weighted by Gasteiger charge is -2.55. The van der Waals surface area contributed by atoms with E-state index in [1.54, 1.807) is 6.20 Å². The van der Waals surface area contributed by atoms with E-state index in [4.69, 9.17) is 4.74 Å². The minimum atomic E-state index is -0.916. The molecule has 1 aromatic heterocycles. The van der Waals surface area contributed by atoms with Gasteiger partial charge in [0, 0.05) is 28.2 Å². The fourth-order valence-corrected chi connectivity index (χ4v) is 6.91. The maximum Gasteiger partial charge on any atom is 0.313 e. The Morgan fingerprint density at radius 1 is 0.871 bits per heavy atom. The van der Waals surface area contributed by atoms with Gasteiger partial charge in [-0.25, -0.2) is 0 Å². The number of benzene rings is 2. The van der Waals surface area contributed by atoms with Crippen molar-refractivity contribution in [1.29, 1.82) is 0 Å². The minimum Gasteiger partial charge on any atom is -0.449 e. The summed E-state index contributed by atoms with van der Waals surface area (Å²) in [6, 6.07) is 17.2. The van der Waals surface area contributed by atoms with Crippen LogP contribution < -0.4 is 0 Å². The van der Waals surface area contributed by atoms with E-state index in [9.17, 15) is 9.59 Å². The number of Topliss-reactive ketones (excluding diaryl/α,β-unsaturated/α-hetero) is 1. The number of H-pyrrole nitrogens is 1. The average Bonchev–Trinajstić information content (AvgIpc) is 3.21. The lowest BCUT2D eigenvalue weighted by atomic mass is 9.49. The molecule has 0 aliphatic heterocycles. The summed E-state index contributed by atoms with van der Waals surface area (Å²) in [5.41, 5.74) is 1.83. The van der Waals surface area contributed by atoms with Crippen molar-refractivity contribution < 1.29 is 14.3 Å². The number of carbonyl (C=O) groups excluding carboxylic acids is 2. The van der Waals surface area contributed by atoms with E-state index >= 15 is 0 Å². The van der Waals surface area contributed by atoms with Crippen molar-refractivity contribution in [1.82, 2.24) is 4.98 Å². The molecule has 3 aromatic rings. The predicted octanol–water partition coefficient (Wildman–Crippen LogP) is 5.85. The van der Waals surface area contributed by atoms with Gasteiger partial charge in [0.05, 0.1) is 5.41 Å². The molecule has 7 rings (SSSR count). The second-order valence-electron chi connectivity index (χ2n) is 10.0. The van der Waals surface area contributed by atoms with Gasteiger partial charge in [0.15, 0.2) is 6.10 Å². The van der Waals surface area contributed by atoms with E-state index in [-0.39, 0.29) is 17.2 Å². The van der Waals surface area contributed by atoms with Crippen molar-refractivity contribution in [2.75, 3.05) is 0 Å². The zero-order valence-corrected chi connectivity index (χ0v) is 17.6. The molecule has 4 saturated carbocycles. The number of carbonyl (C=O) groups is 2. The number of aromatic amines is 1. The Morgan fingerprint density at radius 3 is 2.16 bits per heavy atom. The van der Waals surface area contributed by atoms with Gasteiger partial charge in [0.1, 0.15) is 0 Å². The second kappa shape index (κ2) is 7.08. The van der Waals surface area contributed by atoms with Crippen molar-refractivity contribution in [3.8, 4) is 0 Å². The van der Waals surface area contributed by atoms with Gasteiger partial charge >= 0.3 is 5.97 Å². The molecular formula is C27H27NO3. The van der Waals surface area contributed by atoms with Crippen LogP contribution in [0.4, 0.5) is 0 Å². The van der Waals surface area contributed by atoms with Crippen LogP contribution in [0, 0.1) is 23.2 Å². The smallest absolute Gasteiger partial charge is 0.313 e. The first-order chi connectivity index (χ1) is 15.1. The van der Waals surface area contributed by atoms with Gasteiger partial charge in [-0.1, -0.05) is 48.5 Å². The molecule has 0 spiro atoms. The van der Waals surface area contributed by atoms with Crippen LogP contribution in [0.3, 0.4) is 0 Å². The molecule has 0 amide bonds. The van der Waals surface area contributed by atoms with Gasteiger partial charge in [-0.15, -0.1) is 0 Å². The standard InChI is InChI=1S/C27H27NO3/c29-24(22-16-28-23-9-5-4-8-21(22)23)25(20-6-2-1-3-7-20)31-26(30)27-13-17-10-18(14-27)12-19(11-17)15-27/h1-9,16-19,25,28H,10-15H2/t17?,18?,19?,25-,27?/m0/s1. The molecule has 31 heavy (non-hydrogen) atoms. The summed E-state index contributed by atoms with van der Waals surface area (Å²) in [7, 11) is 0. The Bertz CT molecular complexity index is 1110. The monoisotopic (exact) mass is 413 g/mol. The van der Waals surface area contributed by atoms with Crippen LogP contribution in [0.15, 0.2) is 60.8 Å². The van der Waals surface area contributed by atoms with E-state index in [0.29, 0.717) is 23.3 Å². The molecule has 0 radical (unpaired) electrons. The highest BCUT2D eigenvalue weighted by atomic mass is 16.5. The zero-order valence-electron chi connectivity index (χ0n) is 17.6. The SMILES string of the molecule is O=C(c1c[nH]c2ccccc12)[C@@H](OC(=O)C12CC3CC(CC(C3)C1)C2)c1ccccc1. The molecule has 0 unspecified atom stereocenters. The van der Waals surface area contributed by atoms with Crippen molar-refractivity contribution in [3.05, 3.63) is 71.9 Å². The summed E-state index contributed by atoms with van der Waals surface area (Å²) in [6.45, 7) is 0. The lowest BCUT2D eigenvalue weighted by Crippen LogP contribution is -2.51. The number of rotatable bonds is 5. The van der Waals surface area contributed by atoms with Gasteiger partial charge < -0.3 is 9.72 Å². The van der Waals surface area contributed by atoms with Crippen molar-refractivity contribution in [2.24, 2.45) is 23.2 Å². The average molecular weight is 414 g/mol. The van der Waals surface area contributed by atoms with E-state index < -0.39 is 6.10 Å². The Labute approximate surface area is 182 Å². The van der Waals surface area contributed by atoms with Gasteiger partial charge in [-0.3, -0.25) is 9.59 Å². The highest BCUT2D eigenvalue weighted by Gasteiger charge is 2.56. The zero-order chi connectivity index (χ0) is 21.0. The van der Waals surface area contributed by atoms with E-state index in [1.807, 2.05) is 54.6 Å². The second-order valence-corrected chi connectivity index (χ2v) is 10.0. The van der Waals surface area contributed by atoms with Gasteiger partial charge in [0.2, 0.25) is 5.78 Å². The minimum absolute atomic E-state index is 0.159. The van der Waals surface area contributed by atoms with Crippen LogP contribution in [0.2, 0.25) is 0 Å². The summed E-state index contributed by atoms with van der Waals surface area (Å²) in [5.74, 6) is 1.63. The third-order valence-electron chi connectivity index (χ3n) is 7.89. The fourth-order valence-electron chi connectivity index (χ4n) is 6.91. The topological polar surface area (TPSA) is 59.2 Å². The Balaban J connectivity index is 1.34. The van der Waals surface area contributed by atoms with Gasteiger partial charge in [0.25, 0.3) is 0 Å². The molecule has 0 saturated heterocycles. The predicted molar refractivity (Wildman–Crippen MR) is 119 cm³/mol. The maximum atomic E-state index is 13.7. The van der Waals surface area contributed by atoms with E-state index in [1.165, 1.54) is 19.3 Å². The molecule has 4 aliphatic rings. The van der Waals surface area contributed by atoms with Gasteiger partial charge in [-0.2, -0.15) is 0 Å². The highest BCUT2D eigenvalue weighted by molar-refractivity contribution is 6.10. The summed E-state index contributed by atoms with van der Waals surface area (Å²) in [5, 5.41) is 0.860. The molecule has 1 atom stereocenters. The molecule has 2 aromatic carbocycles. The first kappa shape index (κ1) is 18.9. The Hall–Kier alpha value is -2.88. The number of hydrogen-bond acceptors (Lipinski definition) is 3. The molecule has 1 N–H and O–H groups in total. The van der Waals surface area contributed by atoms with Crippen molar-refractivity contribution in [2.45, 2.75) is 44.6 Å². The molecule has 158 valence electrons. The molecule has 4 aliphatic carbocycles. The van der Waals surface area contributed by atoms with E-state index in [0.717, 1.165) is 35.7 Å². The fraction of sp³-hybridized carbons (Fsp3) is 0.407. The quantitative estimate of drug-likeness (QED) is 0.421. The maximum absolute atomic E-state index is 13.7. The normalized spacial score (nSPS) is 29.7. The highest BCUT2D eigenvalue weighted by Crippen LogP contribution is 2.60. The van der Waals surface area contributed by atoms with Crippen LogP contribution in [0.5, 0.6) is 0 Å². The van der Waals surface area contributed by atoms with Crippen molar-refractivity contribution >= 4 is 22.7 Å². The number of esters is 1. The van der Waals surface area contributed by atoms with Crippen LogP contribution >= 0.6 is 0 Å². The van der Waals surface area contributed by atoms with Crippen LogP contribution in [0.25, 0.3) is 10.9 Å². The number of ether oxygens (including phenoxy) is 1. The number of nitrogens with one attached hydrogen (secondary N) is 1. The first-order valence-corrected chi connectivity index (χ1v) is 11.5. The molecule has 4 fully saturated rings. The summed E-state index contributed by atoms with van der Waals surface area (Å²) in [4.78, 5) is 30.5. The third kappa shape index (κ3) is 3.12. The number of ketones is 1. The van der Waals surface area contributed by atoms with Crippen LogP contribution in [0.1, 0.15) is 60.6 Å². The largest absolute Gasteiger partial charge is 0.449 e. The Kier molecular flexibility index (Phi) is 4.31. The van der Waals surface area contributed by atoms with Crippen LogP contribution in [-0.4, -0.2) is 16.7 Å². The van der Waals surface area contributed by atoms with Crippen molar-refractivity contribution in [3.63, 3.8) is 0 Å². The number of aromatic nitrogens is 1. The molecular weight excluding hydrogens is 386 g/mol. The lowest BCUT2D eigenvalue weighted by molar-refractivity contribution is -0.175. The molecule has 1 heterocycles. The number of para-hydroxylation sites is 1. The summed E-state index contributed by atoms with van der Waals surface area (Å²) < 4.78 is 6.15. The van der Waals surface area contributed by atoms with Crippen LogP contribution in [-0.2, 0) is 9.53 Å². The molecule has 4 bridgehead atoms. The van der Waals surface area contributed by atoms with Gasteiger partial charge in [-0.05, 0) is 62.3 Å². The Morgan fingerprint density at radius 2 is 1.48 bits per heavy atom. The molecule has 4 heteroatoms. The molecule has 4 nitrogen and oxygen atoms in total. The summed E-state index contributed by atoms with van der Waals surface area (Å²) >= 11 is 0. The number of hydrogen-bond donors (Lipinski definition) is 1. The third-order valence-corrected chi connectivity index (χ3v) is 7.89. The first-order valence-electron chi connectivity index (χ1n) is 11.5. The van der Waals surface area contributed by atoms with E-state index in [2.05, 4.69) is 4.98 Å². The summed E-state index contributed by atoms with van der Waals surface area (Å²) in [6.07, 6.45) is 7.42. The number of fused-ring (bicyclic) bond motifs is 1.